The molecule has 0 radical (unpaired) electrons. The van der Waals surface area contributed by atoms with Gasteiger partial charge in [-0.05, 0) is 54.8 Å². The first kappa shape index (κ1) is 24.4. The number of carbonyl (C=O) groups excluding carboxylic acids is 2. The van der Waals surface area contributed by atoms with Crippen molar-refractivity contribution >= 4 is 17.5 Å². The number of anilines is 1. The van der Waals surface area contributed by atoms with Gasteiger partial charge >= 0.3 is 11.8 Å². The van der Waals surface area contributed by atoms with E-state index in [4.69, 9.17) is 9.47 Å². The third kappa shape index (κ3) is 5.73. The van der Waals surface area contributed by atoms with Crippen LogP contribution in [0, 0.1) is 5.82 Å². The summed E-state index contributed by atoms with van der Waals surface area (Å²) in [4.78, 5) is 29.7. The van der Waals surface area contributed by atoms with E-state index in [2.05, 4.69) is 20.4 Å². The van der Waals surface area contributed by atoms with Crippen molar-refractivity contribution in [1.82, 2.24) is 15.5 Å². The second kappa shape index (κ2) is 11.2. The minimum Gasteiger partial charge on any atom is -0.454 e. The highest BCUT2D eigenvalue weighted by molar-refractivity contribution is 6.35. The molecule has 0 bridgehead atoms. The first-order chi connectivity index (χ1) is 17.6. The summed E-state index contributed by atoms with van der Waals surface area (Å²) in [6.45, 7) is 3.53. The van der Waals surface area contributed by atoms with Crippen LogP contribution in [0.1, 0.15) is 43.7 Å². The van der Waals surface area contributed by atoms with Crippen molar-refractivity contribution < 1.29 is 23.5 Å². The van der Waals surface area contributed by atoms with Crippen molar-refractivity contribution in [2.24, 2.45) is 0 Å². The van der Waals surface area contributed by atoms with E-state index in [9.17, 15) is 14.0 Å². The van der Waals surface area contributed by atoms with Crippen molar-refractivity contribution in [3.8, 4) is 11.5 Å². The van der Waals surface area contributed by atoms with E-state index in [1.807, 2.05) is 18.2 Å². The molecule has 36 heavy (non-hydrogen) atoms. The van der Waals surface area contributed by atoms with Crippen LogP contribution in [0.2, 0.25) is 0 Å². The third-order valence-electron chi connectivity index (χ3n) is 7.33. The van der Waals surface area contributed by atoms with E-state index >= 15 is 0 Å². The van der Waals surface area contributed by atoms with Crippen LogP contribution in [-0.4, -0.2) is 62.3 Å². The van der Waals surface area contributed by atoms with Crippen LogP contribution in [-0.2, 0) is 9.59 Å². The lowest BCUT2D eigenvalue weighted by Crippen LogP contribution is -2.51. The summed E-state index contributed by atoms with van der Waals surface area (Å²) in [5.41, 5.74) is 1.98. The number of nitrogens with one attached hydrogen (secondary N) is 2. The molecular weight excluding hydrogens is 463 g/mol. The number of ether oxygens (including phenoxy) is 2. The Labute approximate surface area is 210 Å². The molecule has 0 aromatic heterocycles. The largest absolute Gasteiger partial charge is 0.454 e. The van der Waals surface area contributed by atoms with Crippen LogP contribution in [0.25, 0.3) is 0 Å². The first-order valence-corrected chi connectivity index (χ1v) is 12.8. The molecular formula is C27H33FN4O4. The van der Waals surface area contributed by atoms with Crippen molar-refractivity contribution in [3.63, 3.8) is 0 Å². The van der Waals surface area contributed by atoms with Crippen molar-refractivity contribution in [1.29, 1.82) is 0 Å². The molecule has 2 amide bonds. The average Bonchev–Trinajstić information content (AvgIpc) is 3.38. The van der Waals surface area contributed by atoms with Gasteiger partial charge in [0.25, 0.3) is 0 Å². The molecule has 192 valence electrons. The molecule has 5 rings (SSSR count). The van der Waals surface area contributed by atoms with E-state index in [0.717, 1.165) is 63.1 Å². The number of fused-ring (bicyclic) bond motifs is 1. The van der Waals surface area contributed by atoms with Gasteiger partial charge < -0.3 is 25.0 Å². The van der Waals surface area contributed by atoms with Gasteiger partial charge in [-0.1, -0.05) is 25.3 Å². The predicted octanol–water partition coefficient (Wildman–Crippen LogP) is 2.98. The van der Waals surface area contributed by atoms with Gasteiger partial charge in [0.05, 0.1) is 6.04 Å². The molecule has 1 atom stereocenters. The third-order valence-corrected chi connectivity index (χ3v) is 7.33. The standard InChI is InChI=1S/C27H33FN4O4/c28-20-7-9-22(10-8-20)31-12-14-32(15-13-31)23(19-6-11-24-25(16-19)36-18-35-24)17-29-26(33)27(34)30-21-4-2-1-3-5-21/h6-11,16,21,23H,1-5,12-15,17-18H2,(H,29,33)(H,30,34)/t23-/m0/s1. The quantitative estimate of drug-likeness (QED) is 0.599. The Kier molecular flexibility index (Phi) is 7.55. The molecule has 1 saturated carbocycles. The maximum Gasteiger partial charge on any atom is 0.309 e. The summed E-state index contributed by atoms with van der Waals surface area (Å²) in [6, 6.07) is 12.3. The van der Waals surface area contributed by atoms with Gasteiger partial charge in [-0.2, -0.15) is 0 Å². The summed E-state index contributed by atoms with van der Waals surface area (Å²) < 4.78 is 24.4. The summed E-state index contributed by atoms with van der Waals surface area (Å²) in [5, 5.41) is 5.75. The summed E-state index contributed by atoms with van der Waals surface area (Å²) in [7, 11) is 0. The number of amides is 2. The molecule has 3 aliphatic rings. The van der Waals surface area contributed by atoms with E-state index in [0.29, 0.717) is 18.0 Å². The predicted molar refractivity (Wildman–Crippen MR) is 134 cm³/mol. The number of hydrogen-bond donors (Lipinski definition) is 2. The molecule has 2 aromatic rings. The number of carbonyl (C=O) groups is 2. The fraction of sp³-hybridized carbons (Fsp3) is 0.481. The smallest absolute Gasteiger partial charge is 0.309 e. The van der Waals surface area contributed by atoms with Gasteiger partial charge in [0.15, 0.2) is 11.5 Å². The monoisotopic (exact) mass is 496 g/mol. The molecule has 8 nitrogen and oxygen atoms in total. The van der Waals surface area contributed by atoms with Crippen LogP contribution in [0.4, 0.5) is 10.1 Å². The van der Waals surface area contributed by atoms with Crippen LogP contribution in [0.3, 0.4) is 0 Å². The van der Waals surface area contributed by atoms with E-state index in [-0.39, 0.29) is 24.7 Å². The van der Waals surface area contributed by atoms with Crippen LogP contribution in [0.15, 0.2) is 42.5 Å². The molecule has 0 unspecified atom stereocenters. The molecule has 2 heterocycles. The molecule has 0 spiro atoms. The van der Waals surface area contributed by atoms with Crippen LogP contribution in [0.5, 0.6) is 11.5 Å². The summed E-state index contributed by atoms with van der Waals surface area (Å²) >= 11 is 0. The molecule has 9 heteroatoms. The topological polar surface area (TPSA) is 83.1 Å². The Morgan fingerprint density at radius 1 is 0.917 bits per heavy atom. The summed E-state index contributed by atoms with van der Waals surface area (Å²) in [6.07, 6.45) is 5.21. The molecule has 2 N–H and O–H groups in total. The van der Waals surface area contributed by atoms with Gasteiger partial charge in [-0.15, -0.1) is 0 Å². The maximum atomic E-state index is 13.3. The van der Waals surface area contributed by atoms with Gasteiger partial charge in [0.2, 0.25) is 6.79 Å². The molecule has 2 aliphatic heterocycles. The Morgan fingerprint density at radius 2 is 1.64 bits per heavy atom. The second-order valence-corrected chi connectivity index (χ2v) is 9.65. The number of rotatable bonds is 6. The fourth-order valence-electron chi connectivity index (χ4n) is 5.29. The summed E-state index contributed by atoms with van der Waals surface area (Å²) in [5.74, 6) is -0.0226. The maximum absolute atomic E-state index is 13.3. The fourth-order valence-corrected chi connectivity index (χ4v) is 5.29. The molecule has 1 saturated heterocycles. The molecule has 1 aliphatic carbocycles. The minimum absolute atomic E-state index is 0.0844. The minimum atomic E-state index is -0.601. The zero-order chi connectivity index (χ0) is 24.9. The Hall–Kier alpha value is -3.33. The Morgan fingerprint density at radius 3 is 2.39 bits per heavy atom. The van der Waals surface area contributed by atoms with Gasteiger partial charge in [0, 0.05) is 44.5 Å². The number of nitrogens with zero attached hydrogens (tertiary/aromatic N) is 2. The highest BCUT2D eigenvalue weighted by Crippen LogP contribution is 2.35. The van der Waals surface area contributed by atoms with E-state index in [1.165, 1.54) is 18.6 Å². The normalized spacial score (nSPS) is 19.1. The highest BCUT2D eigenvalue weighted by atomic mass is 19.1. The first-order valence-electron chi connectivity index (χ1n) is 12.8. The highest BCUT2D eigenvalue weighted by Gasteiger charge is 2.28. The molecule has 2 fully saturated rings. The average molecular weight is 497 g/mol. The van der Waals surface area contributed by atoms with E-state index < -0.39 is 11.8 Å². The Bertz CT molecular complexity index is 1070. The van der Waals surface area contributed by atoms with Crippen LogP contribution >= 0.6 is 0 Å². The van der Waals surface area contributed by atoms with Crippen molar-refractivity contribution in [3.05, 3.63) is 53.8 Å². The van der Waals surface area contributed by atoms with Gasteiger partial charge in [0.1, 0.15) is 5.82 Å². The number of hydrogen-bond acceptors (Lipinski definition) is 6. The lowest BCUT2D eigenvalue weighted by molar-refractivity contribution is -0.139. The van der Waals surface area contributed by atoms with Crippen molar-refractivity contribution in [2.75, 3.05) is 44.4 Å². The van der Waals surface area contributed by atoms with Gasteiger partial charge in [-0.25, -0.2) is 4.39 Å². The Balaban J connectivity index is 1.25. The van der Waals surface area contributed by atoms with Crippen molar-refractivity contribution in [2.45, 2.75) is 44.2 Å². The number of piperazine rings is 1. The lowest BCUT2D eigenvalue weighted by atomic mass is 9.95. The number of halogens is 1. The SMILES string of the molecule is O=C(NC[C@@H](c1ccc2c(c1)OCO2)N1CCN(c2ccc(F)cc2)CC1)C(=O)NC1CCCCC1. The number of benzene rings is 2. The zero-order valence-electron chi connectivity index (χ0n) is 20.4. The second-order valence-electron chi connectivity index (χ2n) is 9.65. The van der Waals surface area contributed by atoms with E-state index in [1.54, 1.807) is 12.1 Å². The lowest BCUT2D eigenvalue weighted by Gasteiger charge is -2.40. The zero-order valence-corrected chi connectivity index (χ0v) is 20.4. The van der Waals surface area contributed by atoms with Gasteiger partial charge in [-0.3, -0.25) is 14.5 Å². The van der Waals surface area contributed by atoms with Crippen LogP contribution < -0.4 is 25.0 Å². The molecule has 2 aromatic carbocycles.